The van der Waals surface area contributed by atoms with Crippen LogP contribution in [0.2, 0.25) is 0 Å². The first-order valence-electron chi connectivity index (χ1n) is 8.89. The monoisotopic (exact) mass is 377 g/mol. The molecule has 0 unspecified atom stereocenters. The fourth-order valence-electron chi connectivity index (χ4n) is 3.17. The number of fused-ring (bicyclic) bond motifs is 3. The van der Waals surface area contributed by atoms with Gasteiger partial charge < -0.3 is 18.5 Å². The fourth-order valence-corrected chi connectivity index (χ4v) is 3.17. The van der Waals surface area contributed by atoms with Gasteiger partial charge in [-0.25, -0.2) is 4.79 Å². The zero-order valence-corrected chi connectivity index (χ0v) is 15.6. The standard InChI is InChI=1S/C22H19NO5/c1-14-17-10-9-15-6-3-4-8-18(15)21(17)28-20(14)22(25)27-13-19(24)23(2)12-16-7-5-11-26-16/h3-11H,12-13H2,1-2H3. The second kappa shape index (κ2) is 7.23. The lowest BCUT2D eigenvalue weighted by Crippen LogP contribution is -2.30. The number of carbonyl (C=O) groups excluding carboxylic acids is 2. The third-order valence-corrected chi connectivity index (χ3v) is 4.74. The highest BCUT2D eigenvalue weighted by atomic mass is 16.5. The Morgan fingerprint density at radius 3 is 2.64 bits per heavy atom. The number of hydrogen-bond acceptors (Lipinski definition) is 5. The second-order valence-corrected chi connectivity index (χ2v) is 6.62. The quantitative estimate of drug-likeness (QED) is 0.485. The van der Waals surface area contributed by atoms with E-state index in [2.05, 4.69) is 0 Å². The van der Waals surface area contributed by atoms with E-state index in [0.717, 1.165) is 16.2 Å². The second-order valence-electron chi connectivity index (χ2n) is 6.62. The van der Waals surface area contributed by atoms with Gasteiger partial charge in [-0.3, -0.25) is 4.79 Å². The van der Waals surface area contributed by atoms with Crippen LogP contribution in [0.25, 0.3) is 21.7 Å². The maximum atomic E-state index is 12.5. The van der Waals surface area contributed by atoms with Crippen molar-refractivity contribution in [1.29, 1.82) is 0 Å². The minimum atomic E-state index is -0.655. The summed E-state index contributed by atoms with van der Waals surface area (Å²) in [5.74, 6) is -0.212. The van der Waals surface area contributed by atoms with Crippen LogP contribution >= 0.6 is 0 Å². The number of aryl methyl sites for hydroxylation is 1. The van der Waals surface area contributed by atoms with Crippen molar-refractivity contribution in [3.63, 3.8) is 0 Å². The summed E-state index contributed by atoms with van der Waals surface area (Å²) in [5.41, 5.74) is 1.34. The summed E-state index contributed by atoms with van der Waals surface area (Å²) >= 11 is 0. The molecule has 2 aromatic heterocycles. The van der Waals surface area contributed by atoms with E-state index < -0.39 is 5.97 Å². The SMILES string of the molecule is Cc1c(C(=O)OCC(=O)N(C)Cc2ccco2)oc2c1ccc1ccccc12. The van der Waals surface area contributed by atoms with Crippen LogP contribution in [-0.4, -0.2) is 30.4 Å². The van der Waals surface area contributed by atoms with E-state index in [-0.39, 0.29) is 18.3 Å². The first-order valence-corrected chi connectivity index (χ1v) is 8.89. The first kappa shape index (κ1) is 17.9. The van der Waals surface area contributed by atoms with Gasteiger partial charge in [0.25, 0.3) is 5.91 Å². The van der Waals surface area contributed by atoms with Crippen molar-refractivity contribution >= 4 is 33.6 Å². The van der Waals surface area contributed by atoms with E-state index in [0.29, 0.717) is 23.5 Å². The molecule has 2 aromatic carbocycles. The lowest BCUT2D eigenvalue weighted by atomic mass is 10.1. The van der Waals surface area contributed by atoms with Gasteiger partial charge in [0.15, 0.2) is 6.61 Å². The molecule has 0 radical (unpaired) electrons. The van der Waals surface area contributed by atoms with Crippen LogP contribution in [0.1, 0.15) is 21.9 Å². The summed E-state index contributed by atoms with van der Waals surface area (Å²) in [6, 6.07) is 15.2. The molecule has 0 N–H and O–H groups in total. The number of hydrogen-bond donors (Lipinski definition) is 0. The Morgan fingerprint density at radius 2 is 1.86 bits per heavy atom. The maximum absolute atomic E-state index is 12.5. The molecule has 142 valence electrons. The zero-order chi connectivity index (χ0) is 19.7. The van der Waals surface area contributed by atoms with Crippen LogP contribution < -0.4 is 0 Å². The van der Waals surface area contributed by atoms with Crippen molar-refractivity contribution in [2.45, 2.75) is 13.5 Å². The number of ether oxygens (including phenoxy) is 1. The van der Waals surface area contributed by atoms with E-state index in [1.54, 1.807) is 25.4 Å². The Labute approximate surface area is 161 Å². The highest BCUT2D eigenvalue weighted by Gasteiger charge is 2.22. The van der Waals surface area contributed by atoms with E-state index in [1.807, 2.05) is 43.3 Å². The van der Waals surface area contributed by atoms with Crippen LogP contribution in [0.4, 0.5) is 0 Å². The molecule has 0 aliphatic heterocycles. The third kappa shape index (κ3) is 3.24. The van der Waals surface area contributed by atoms with Gasteiger partial charge in [-0.05, 0) is 24.4 Å². The van der Waals surface area contributed by atoms with Crippen molar-refractivity contribution in [3.8, 4) is 0 Å². The Bertz CT molecular complexity index is 1160. The maximum Gasteiger partial charge on any atom is 0.375 e. The Kier molecular flexibility index (Phi) is 4.61. The van der Waals surface area contributed by atoms with Crippen LogP contribution in [-0.2, 0) is 16.1 Å². The molecular weight excluding hydrogens is 358 g/mol. The summed E-state index contributed by atoms with van der Waals surface area (Å²) in [5, 5.41) is 2.81. The molecule has 6 nitrogen and oxygen atoms in total. The van der Waals surface area contributed by atoms with Crippen LogP contribution in [0, 0.1) is 6.92 Å². The molecule has 1 amide bonds. The zero-order valence-electron chi connectivity index (χ0n) is 15.6. The van der Waals surface area contributed by atoms with E-state index in [4.69, 9.17) is 13.6 Å². The largest absolute Gasteiger partial charge is 0.467 e. The average molecular weight is 377 g/mol. The van der Waals surface area contributed by atoms with Crippen LogP contribution in [0.15, 0.2) is 63.6 Å². The summed E-state index contributed by atoms with van der Waals surface area (Å²) < 4.78 is 16.3. The van der Waals surface area contributed by atoms with Crippen LogP contribution in [0.5, 0.6) is 0 Å². The number of rotatable bonds is 5. The van der Waals surface area contributed by atoms with Crippen molar-refractivity contribution in [1.82, 2.24) is 4.90 Å². The van der Waals surface area contributed by atoms with Crippen molar-refractivity contribution in [2.75, 3.05) is 13.7 Å². The molecule has 0 saturated carbocycles. The van der Waals surface area contributed by atoms with Gasteiger partial charge in [-0.1, -0.05) is 36.4 Å². The summed E-state index contributed by atoms with van der Waals surface area (Å²) in [6.45, 7) is 1.74. The van der Waals surface area contributed by atoms with Gasteiger partial charge in [-0.15, -0.1) is 0 Å². The van der Waals surface area contributed by atoms with Crippen LogP contribution in [0.3, 0.4) is 0 Å². The topological polar surface area (TPSA) is 72.9 Å². The number of likely N-dealkylation sites (N-methyl/N-ethyl adjacent to an activating group) is 1. The fraction of sp³-hybridized carbons (Fsp3) is 0.182. The smallest absolute Gasteiger partial charge is 0.375 e. The summed E-state index contributed by atoms with van der Waals surface area (Å²) in [6.07, 6.45) is 1.54. The van der Waals surface area contributed by atoms with Gasteiger partial charge in [0, 0.05) is 23.4 Å². The summed E-state index contributed by atoms with van der Waals surface area (Å²) in [4.78, 5) is 26.2. The molecule has 0 aliphatic carbocycles. The highest BCUT2D eigenvalue weighted by molar-refractivity contribution is 6.08. The third-order valence-electron chi connectivity index (χ3n) is 4.74. The Morgan fingerprint density at radius 1 is 1.04 bits per heavy atom. The van der Waals surface area contributed by atoms with Gasteiger partial charge in [0.2, 0.25) is 5.76 Å². The molecule has 0 fully saturated rings. The minimum absolute atomic E-state index is 0.118. The Hall–Kier alpha value is -3.54. The lowest BCUT2D eigenvalue weighted by molar-refractivity contribution is -0.134. The Balaban J connectivity index is 1.50. The van der Waals surface area contributed by atoms with Crippen molar-refractivity contribution in [3.05, 3.63) is 71.9 Å². The van der Waals surface area contributed by atoms with Gasteiger partial charge in [0.05, 0.1) is 12.8 Å². The van der Waals surface area contributed by atoms with Crippen molar-refractivity contribution in [2.24, 2.45) is 0 Å². The van der Waals surface area contributed by atoms with Crippen molar-refractivity contribution < 1.29 is 23.2 Å². The van der Waals surface area contributed by atoms with E-state index in [1.165, 1.54) is 4.90 Å². The van der Waals surface area contributed by atoms with E-state index >= 15 is 0 Å². The predicted molar refractivity (Wildman–Crippen MR) is 104 cm³/mol. The highest BCUT2D eigenvalue weighted by Crippen LogP contribution is 2.32. The molecule has 4 rings (SSSR count). The number of esters is 1. The number of nitrogens with zero attached hydrogens (tertiary/aromatic N) is 1. The van der Waals surface area contributed by atoms with Gasteiger partial charge in [-0.2, -0.15) is 0 Å². The molecule has 6 heteroatoms. The van der Waals surface area contributed by atoms with Gasteiger partial charge >= 0.3 is 5.97 Å². The predicted octanol–water partition coefficient (Wildman–Crippen LogP) is 4.30. The lowest BCUT2D eigenvalue weighted by Gasteiger charge is -2.15. The number of benzene rings is 2. The molecular formula is C22H19NO5. The molecule has 0 atom stereocenters. The molecule has 0 aliphatic rings. The normalized spacial score (nSPS) is 11.1. The van der Waals surface area contributed by atoms with Gasteiger partial charge in [0.1, 0.15) is 11.3 Å². The molecule has 0 saturated heterocycles. The minimum Gasteiger partial charge on any atom is -0.467 e. The number of furan rings is 2. The molecule has 2 heterocycles. The molecule has 0 bridgehead atoms. The number of carbonyl (C=O) groups is 2. The molecule has 4 aromatic rings. The van der Waals surface area contributed by atoms with E-state index in [9.17, 15) is 9.59 Å². The first-order chi connectivity index (χ1) is 13.5. The molecule has 0 spiro atoms. The summed E-state index contributed by atoms with van der Waals surface area (Å²) in [7, 11) is 1.62. The molecule has 28 heavy (non-hydrogen) atoms. The number of amides is 1. The average Bonchev–Trinajstić information content (AvgIpc) is 3.33.